The van der Waals surface area contributed by atoms with Crippen LogP contribution in [0, 0.1) is 0 Å². The van der Waals surface area contributed by atoms with Gasteiger partial charge in [-0.05, 0) is 38.1 Å². The maximum Gasteiger partial charge on any atom is 0.118 e. The number of nitrogens with zero attached hydrogens (tertiary/aromatic N) is 2. The van der Waals surface area contributed by atoms with Gasteiger partial charge in [0.15, 0.2) is 0 Å². The Bertz CT molecular complexity index is 432. The van der Waals surface area contributed by atoms with Gasteiger partial charge >= 0.3 is 0 Å². The highest BCUT2D eigenvalue weighted by molar-refractivity contribution is 5.30. The molecule has 0 spiro atoms. The predicted molar refractivity (Wildman–Crippen MR) is 87.7 cm³/mol. The number of rotatable bonds is 5. The van der Waals surface area contributed by atoms with Crippen LogP contribution in [0.3, 0.4) is 0 Å². The molecule has 118 valence electrons. The molecule has 21 heavy (non-hydrogen) atoms. The number of piperazine rings is 1. The van der Waals surface area contributed by atoms with Crippen LogP contribution < -0.4 is 10.5 Å². The monoisotopic (exact) mass is 291 g/mol. The first-order chi connectivity index (χ1) is 10.1. The third-order valence-electron chi connectivity index (χ3n) is 4.55. The molecule has 1 heterocycles. The number of hydrogen-bond acceptors (Lipinski definition) is 4. The van der Waals surface area contributed by atoms with Gasteiger partial charge in [0.2, 0.25) is 0 Å². The first-order valence-corrected chi connectivity index (χ1v) is 7.94. The molecular weight excluding hydrogens is 262 g/mol. The molecule has 0 aliphatic carbocycles. The van der Waals surface area contributed by atoms with E-state index >= 15 is 0 Å². The van der Waals surface area contributed by atoms with Crippen molar-refractivity contribution in [3.8, 4) is 5.75 Å². The molecule has 3 unspecified atom stereocenters. The van der Waals surface area contributed by atoms with E-state index in [1.165, 1.54) is 5.56 Å². The number of nitrogens with two attached hydrogens (primary N) is 1. The van der Waals surface area contributed by atoms with Crippen LogP contribution in [0.5, 0.6) is 5.75 Å². The molecule has 4 nitrogen and oxygen atoms in total. The van der Waals surface area contributed by atoms with Gasteiger partial charge < -0.3 is 10.5 Å². The molecule has 1 fully saturated rings. The van der Waals surface area contributed by atoms with E-state index < -0.39 is 0 Å². The molecule has 0 bridgehead atoms. The van der Waals surface area contributed by atoms with E-state index in [1.807, 2.05) is 12.1 Å². The van der Waals surface area contributed by atoms with Crippen molar-refractivity contribution in [2.24, 2.45) is 5.73 Å². The zero-order chi connectivity index (χ0) is 15.4. The maximum atomic E-state index is 6.30. The highest BCUT2D eigenvalue weighted by Crippen LogP contribution is 2.27. The van der Waals surface area contributed by atoms with Gasteiger partial charge in [-0.25, -0.2) is 0 Å². The van der Waals surface area contributed by atoms with Crippen molar-refractivity contribution in [3.63, 3.8) is 0 Å². The smallest absolute Gasteiger partial charge is 0.118 e. The van der Waals surface area contributed by atoms with Gasteiger partial charge in [-0.3, -0.25) is 9.80 Å². The quantitative estimate of drug-likeness (QED) is 0.902. The lowest BCUT2D eigenvalue weighted by atomic mass is 9.97. The highest BCUT2D eigenvalue weighted by Gasteiger charge is 2.30. The van der Waals surface area contributed by atoms with E-state index in [2.05, 4.69) is 42.7 Å². The molecule has 0 radical (unpaired) electrons. The number of ether oxygens (including phenoxy) is 1. The fraction of sp³-hybridized carbons (Fsp3) is 0.647. The number of benzene rings is 1. The largest absolute Gasteiger partial charge is 0.497 e. The van der Waals surface area contributed by atoms with Crippen molar-refractivity contribution in [1.82, 2.24) is 9.80 Å². The van der Waals surface area contributed by atoms with Crippen LogP contribution in [0.4, 0.5) is 0 Å². The Balaban J connectivity index is 2.15. The number of likely N-dealkylation sites (N-methyl/N-ethyl adjacent to an activating group) is 1. The van der Waals surface area contributed by atoms with E-state index in [0.29, 0.717) is 6.04 Å². The third-order valence-corrected chi connectivity index (χ3v) is 4.55. The van der Waals surface area contributed by atoms with Crippen molar-refractivity contribution < 1.29 is 4.74 Å². The fourth-order valence-electron chi connectivity index (χ4n) is 3.39. The molecule has 0 aromatic heterocycles. The van der Waals surface area contributed by atoms with E-state index in [0.717, 1.165) is 31.9 Å². The molecule has 3 atom stereocenters. The second-order valence-corrected chi connectivity index (χ2v) is 6.05. The van der Waals surface area contributed by atoms with Crippen LogP contribution in [0.15, 0.2) is 24.3 Å². The normalized spacial score (nSPS) is 23.8. The van der Waals surface area contributed by atoms with Gasteiger partial charge in [0.25, 0.3) is 0 Å². The van der Waals surface area contributed by atoms with E-state index in [-0.39, 0.29) is 12.1 Å². The Hall–Kier alpha value is -1.10. The minimum Gasteiger partial charge on any atom is -0.497 e. The van der Waals surface area contributed by atoms with E-state index in [4.69, 9.17) is 10.5 Å². The molecule has 2 N–H and O–H groups in total. The minimum atomic E-state index is 0.110. The van der Waals surface area contributed by atoms with E-state index in [9.17, 15) is 0 Å². The van der Waals surface area contributed by atoms with Crippen molar-refractivity contribution in [2.45, 2.75) is 38.9 Å². The summed E-state index contributed by atoms with van der Waals surface area (Å²) >= 11 is 0. The summed E-state index contributed by atoms with van der Waals surface area (Å²) in [6.07, 6.45) is 0. The second kappa shape index (κ2) is 7.25. The molecule has 1 aromatic rings. The van der Waals surface area contributed by atoms with Crippen LogP contribution >= 0.6 is 0 Å². The summed E-state index contributed by atoms with van der Waals surface area (Å²) in [5.74, 6) is 0.895. The molecule has 2 rings (SSSR count). The van der Waals surface area contributed by atoms with Crippen LogP contribution in [0.2, 0.25) is 0 Å². The molecule has 4 heteroatoms. The van der Waals surface area contributed by atoms with Crippen molar-refractivity contribution in [1.29, 1.82) is 0 Å². The molecule has 1 aliphatic heterocycles. The topological polar surface area (TPSA) is 41.7 Å². The minimum absolute atomic E-state index is 0.110. The van der Waals surface area contributed by atoms with Crippen LogP contribution in [-0.4, -0.2) is 55.2 Å². The van der Waals surface area contributed by atoms with Crippen molar-refractivity contribution in [2.75, 3.05) is 33.3 Å². The van der Waals surface area contributed by atoms with Crippen LogP contribution in [-0.2, 0) is 0 Å². The molecule has 1 aromatic carbocycles. The third kappa shape index (κ3) is 3.76. The fourth-order valence-corrected chi connectivity index (χ4v) is 3.39. The maximum absolute atomic E-state index is 6.30. The van der Waals surface area contributed by atoms with Crippen LogP contribution in [0.25, 0.3) is 0 Å². The average molecular weight is 291 g/mol. The molecule has 0 amide bonds. The average Bonchev–Trinajstić information content (AvgIpc) is 2.48. The van der Waals surface area contributed by atoms with Gasteiger partial charge in [-0.1, -0.05) is 19.1 Å². The lowest BCUT2D eigenvalue weighted by Crippen LogP contribution is -2.54. The second-order valence-electron chi connectivity index (χ2n) is 6.05. The number of methoxy groups -OCH3 is 1. The Labute approximate surface area is 128 Å². The Morgan fingerprint density at radius 3 is 2.43 bits per heavy atom. The van der Waals surface area contributed by atoms with Gasteiger partial charge in [-0.2, -0.15) is 0 Å². The Kier molecular flexibility index (Phi) is 5.62. The summed E-state index contributed by atoms with van der Waals surface area (Å²) < 4.78 is 5.25. The predicted octanol–water partition coefficient (Wildman–Crippen LogP) is 2.11. The van der Waals surface area contributed by atoms with Gasteiger partial charge in [-0.15, -0.1) is 0 Å². The summed E-state index contributed by atoms with van der Waals surface area (Å²) in [5.41, 5.74) is 7.58. The first-order valence-electron chi connectivity index (χ1n) is 7.94. The van der Waals surface area contributed by atoms with Gasteiger partial charge in [0.1, 0.15) is 5.75 Å². The van der Waals surface area contributed by atoms with Gasteiger partial charge in [0.05, 0.1) is 7.11 Å². The highest BCUT2D eigenvalue weighted by atomic mass is 16.5. The Morgan fingerprint density at radius 2 is 1.95 bits per heavy atom. The van der Waals surface area contributed by atoms with E-state index in [1.54, 1.807) is 7.11 Å². The summed E-state index contributed by atoms with van der Waals surface area (Å²) in [6.45, 7) is 11.0. The Morgan fingerprint density at radius 1 is 1.29 bits per heavy atom. The SMILES string of the molecule is CCN1CCN(C(c2ccc(OC)cc2)C(C)N)CC1C. The zero-order valence-corrected chi connectivity index (χ0v) is 13.7. The summed E-state index contributed by atoms with van der Waals surface area (Å²) in [6, 6.07) is 9.31. The lowest BCUT2D eigenvalue weighted by molar-refractivity contribution is 0.0516. The van der Waals surface area contributed by atoms with Gasteiger partial charge in [0, 0.05) is 37.8 Å². The molecular formula is C17H29N3O. The first kappa shape index (κ1) is 16.3. The zero-order valence-electron chi connectivity index (χ0n) is 13.7. The summed E-state index contributed by atoms with van der Waals surface area (Å²) in [7, 11) is 1.70. The summed E-state index contributed by atoms with van der Waals surface area (Å²) in [4.78, 5) is 5.06. The lowest BCUT2D eigenvalue weighted by Gasteiger charge is -2.44. The standard InChI is InChI=1S/C17H29N3O/c1-5-19-10-11-20(12-13(19)2)17(14(3)18)15-6-8-16(21-4)9-7-15/h6-9,13-14,17H,5,10-12,18H2,1-4H3. The van der Waals surface area contributed by atoms with Crippen LogP contribution in [0.1, 0.15) is 32.4 Å². The van der Waals surface area contributed by atoms with Crippen molar-refractivity contribution >= 4 is 0 Å². The van der Waals surface area contributed by atoms with Crippen molar-refractivity contribution in [3.05, 3.63) is 29.8 Å². The molecule has 0 saturated carbocycles. The summed E-state index contributed by atoms with van der Waals surface area (Å²) in [5, 5.41) is 0. The molecule has 1 aliphatic rings. The number of hydrogen-bond donors (Lipinski definition) is 1. The molecule has 1 saturated heterocycles.